The third kappa shape index (κ3) is 5.80. The van der Waals surface area contributed by atoms with E-state index in [2.05, 4.69) is 46.7 Å². The average molecular weight is 461 g/mol. The van der Waals surface area contributed by atoms with Gasteiger partial charge in [-0.3, -0.25) is 4.79 Å². The molecule has 3 rings (SSSR count). The van der Waals surface area contributed by atoms with E-state index in [0.29, 0.717) is 17.1 Å². The summed E-state index contributed by atoms with van der Waals surface area (Å²) in [6.07, 6.45) is 0.677. The monoisotopic (exact) mass is 460 g/mol. The molecule has 1 unspecified atom stereocenters. The van der Waals surface area contributed by atoms with Crippen LogP contribution in [0.4, 0.5) is 5.69 Å². The molecule has 2 aromatic carbocycles. The number of nitrogens with zero attached hydrogens (tertiary/aromatic N) is 3. The van der Waals surface area contributed by atoms with E-state index in [-0.39, 0.29) is 11.2 Å². The average Bonchev–Trinajstić information content (AvgIpc) is 3.07. The maximum absolute atomic E-state index is 12.8. The molecule has 1 amide bonds. The molecule has 0 spiro atoms. The predicted octanol–water partition coefficient (Wildman–Crippen LogP) is 5.89. The Morgan fingerprint density at radius 1 is 1.17 bits per heavy atom. The van der Waals surface area contributed by atoms with Gasteiger partial charge in [-0.05, 0) is 50.1 Å². The number of aromatic nitrogens is 3. The van der Waals surface area contributed by atoms with Crippen LogP contribution in [0.15, 0.2) is 52.5 Å². The van der Waals surface area contributed by atoms with E-state index in [1.54, 1.807) is 17.8 Å². The first-order valence-corrected chi connectivity index (χ1v) is 11.9. The molecule has 0 aliphatic rings. The Bertz CT molecular complexity index is 1020. The molecule has 0 fully saturated rings. The van der Waals surface area contributed by atoms with Crippen LogP contribution < -0.4 is 5.32 Å². The summed E-state index contributed by atoms with van der Waals surface area (Å²) >= 11 is 9.32. The van der Waals surface area contributed by atoms with Crippen LogP contribution in [0.3, 0.4) is 0 Å². The van der Waals surface area contributed by atoms with Crippen LogP contribution in [-0.4, -0.2) is 25.9 Å². The van der Waals surface area contributed by atoms with Crippen molar-refractivity contribution in [3.8, 4) is 0 Å². The van der Waals surface area contributed by atoms with Crippen molar-refractivity contribution in [1.82, 2.24) is 14.8 Å². The lowest BCUT2D eigenvalue weighted by Gasteiger charge is -2.14. The van der Waals surface area contributed by atoms with Gasteiger partial charge in [0.25, 0.3) is 0 Å². The molecule has 0 bridgehead atoms. The molecular formula is C22H25ClN4OS2. The SMILES string of the molecule is CCC(Sc1nnc(CSc2ccc(C)cc2)n1C)C(=O)Nc1ccc(C)c(Cl)c1. The van der Waals surface area contributed by atoms with Gasteiger partial charge in [-0.15, -0.1) is 22.0 Å². The minimum atomic E-state index is -0.273. The van der Waals surface area contributed by atoms with Crippen LogP contribution in [-0.2, 0) is 17.6 Å². The fraction of sp³-hybridized carbons (Fsp3) is 0.318. The molecule has 158 valence electrons. The highest BCUT2D eigenvalue weighted by Gasteiger charge is 2.22. The van der Waals surface area contributed by atoms with Gasteiger partial charge in [-0.25, -0.2) is 0 Å². The number of amides is 1. The Morgan fingerprint density at radius 2 is 1.90 bits per heavy atom. The maximum atomic E-state index is 12.8. The highest BCUT2D eigenvalue weighted by atomic mass is 35.5. The number of hydrogen-bond acceptors (Lipinski definition) is 5. The van der Waals surface area contributed by atoms with E-state index in [0.717, 1.165) is 22.3 Å². The van der Waals surface area contributed by atoms with Gasteiger partial charge in [-0.1, -0.05) is 54.0 Å². The van der Waals surface area contributed by atoms with E-state index in [1.807, 2.05) is 37.6 Å². The summed E-state index contributed by atoms with van der Waals surface area (Å²) in [6, 6.07) is 14.0. The summed E-state index contributed by atoms with van der Waals surface area (Å²) in [5, 5.41) is 12.7. The molecule has 1 heterocycles. The normalized spacial score (nSPS) is 12.0. The summed E-state index contributed by atoms with van der Waals surface area (Å²) < 4.78 is 1.96. The number of thioether (sulfide) groups is 2. The molecule has 0 saturated heterocycles. The van der Waals surface area contributed by atoms with Crippen LogP contribution in [0.1, 0.15) is 30.3 Å². The van der Waals surface area contributed by atoms with Crippen LogP contribution in [0.25, 0.3) is 0 Å². The van der Waals surface area contributed by atoms with Gasteiger partial charge in [0.1, 0.15) is 5.82 Å². The number of aryl methyl sites for hydroxylation is 2. The predicted molar refractivity (Wildman–Crippen MR) is 126 cm³/mol. The second kappa shape index (κ2) is 10.4. The van der Waals surface area contributed by atoms with Crippen molar-refractivity contribution < 1.29 is 4.79 Å². The Balaban J connectivity index is 1.62. The van der Waals surface area contributed by atoms with Crippen molar-refractivity contribution in [2.45, 2.75) is 48.2 Å². The minimum absolute atomic E-state index is 0.0685. The summed E-state index contributed by atoms with van der Waals surface area (Å²) in [4.78, 5) is 14.0. The number of anilines is 1. The Morgan fingerprint density at radius 3 is 2.57 bits per heavy atom. The lowest BCUT2D eigenvalue weighted by Crippen LogP contribution is -2.25. The lowest BCUT2D eigenvalue weighted by atomic mass is 10.2. The molecule has 3 aromatic rings. The number of halogens is 1. The van der Waals surface area contributed by atoms with Crippen molar-refractivity contribution >= 4 is 46.7 Å². The fourth-order valence-corrected chi connectivity index (χ4v) is 4.69. The Kier molecular flexibility index (Phi) is 7.86. The third-order valence-corrected chi connectivity index (χ3v) is 7.48. The molecule has 1 N–H and O–H groups in total. The van der Waals surface area contributed by atoms with Crippen molar-refractivity contribution in [2.24, 2.45) is 7.05 Å². The van der Waals surface area contributed by atoms with Crippen LogP contribution in [0.5, 0.6) is 0 Å². The molecule has 30 heavy (non-hydrogen) atoms. The highest BCUT2D eigenvalue weighted by molar-refractivity contribution is 8.00. The van der Waals surface area contributed by atoms with Crippen LogP contribution in [0.2, 0.25) is 5.02 Å². The summed E-state index contributed by atoms with van der Waals surface area (Å²) in [5.41, 5.74) is 2.92. The largest absolute Gasteiger partial charge is 0.325 e. The summed E-state index contributed by atoms with van der Waals surface area (Å²) in [7, 11) is 1.94. The third-order valence-electron chi connectivity index (χ3n) is 4.66. The van der Waals surface area contributed by atoms with Crippen molar-refractivity contribution in [3.05, 3.63) is 64.4 Å². The molecular weight excluding hydrogens is 436 g/mol. The highest BCUT2D eigenvalue weighted by Crippen LogP contribution is 2.28. The minimum Gasteiger partial charge on any atom is -0.325 e. The standard InChI is InChI=1S/C22H25ClN4OS2/c1-5-19(21(28)24-16-9-8-15(3)18(23)12-16)30-22-26-25-20(27(22)4)13-29-17-10-6-14(2)7-11-17/h6-12,19H,5,13H2,1-4H3,(H,24,28). The zero-order valence-corrected chi connectivity index (χ0v) is 19.9. The Labute approximate surface area is 191 Å². The van der Waals surface area contributed by atoms with Gasteiger partial charge in [0.05, 0.1) is 11.0 Å². The first-order valence-electron chi connectivity index (χ1n) is 9.68. The van der Waals surface area contributed by atoms with Crippen molar-refractivity contribution in [1.29, 1.82) is 0 Å². The number of carbonyl (C=O) groups excluding carboxylic acids is 1. The zero-order valence-electron chi connectivity index (χ0n) is 17.5. The summed E-state index contributed by atoms with van der Waals surface area (Å²) in [5.74, 6) is 1.53. The van der Waals surface area contributed by atoms with Crippen LogP contribution in [0, 0.1) is 13.8 Å². The number of carbonyl (C=O) groups is 1. The summed E-state index contributed by atoms with van der Waals surface area (Å²) in [6.45, 7) is 6.00. The lowest BCUT2D eigenvalue weighted by molar-refractivity contribution is -0.115. The molecule has 0 radical (unpaired) electrons. The van der Waals surface area contributed by atoms with Gasteiger partial charge in [0.2, 0.25) is 5.91 Å². The molecule has 5 nitrogen and oxygen atoms in total. The van der Waals surface area contributed by atoms with Gasteiger partial charge in [0.15, 0.2) is 5.16 Å². The zero-order chi connectivity index (χ0) is 21.7. The number of benzene rings is 2. The van der Waals surface area contributed by atoms with Crippen molar-refractivity contribution in [3.63, 3.8) is 0 Å². The van der Waals surface area contributed by atoms with Crippen LogP contribution >= 0.6 is 35.1 Å². The van der Waals surface area contributed by atoms with Gasteiger partial charge in [0, 0.05) is 22.7 Å². The quantitative estimate of drug-likeness (QED) is 0.425. The molecule has 1 atom stereocenters. The van der Waals surface area contributed by atoms with E-state index in [9.17, 15) is 4.79 Å². The van der Waals surface area contributed by atoms with Gasteiger partial charge < -0.3 is 9.88 Å². The van der Waals surface area contributed by atoms with E-state index in [4.69, 9.17) is 11.6 Å². The first kappa shape index (κ1) is 22.7. The van der Waals surface area contributed by atoms with E-state index >= 15 is 0 Å². The van der Waals surface area contributed by atoms with E-state index < -0.39 is 0 Å². The second-order valence-corrected chi connectivity index (χ2v) is 9.65. The number of nitrogens with one attached hydrogen (secondary N) is 1. The topological polar surface area (TPSA) is 59.8 Å². The first-order chi connectivity index (χ1) is 14.4. The number of hydrogen-bond donors (Lipinski definition) is 1. The van der Waals surface area contributed by atoms with Gasteiger partial charge >= 0.3 is 0 Å². The number of rotatable bonds is 8. The van der Waals surface area contributed by atoms with Gasteiger partial charge in [-0.2, -0.15) is 0 Å². The fourth-order valence-electron chi connectivity index (χ4n) is 2.70. The smallest absolute Gasteiger partial charge is 0.237 e. The maximum Gasteiger partial charge on any atom is 0.237 e. The van der Waals surface area contributed by atoms with Crippen molar-refractivity contribution in [2.75, 3.05) is 5.32 Å². The molecule has 8 heteroatoms. The van der Waals surface area contributed by atoms with E-state index in [1.165, 1.54) is 22.2 Å². The molecule has 0 aliphatic carbocycles. The molecule has 1 aromatic heterocycles. The second-order valence-electron chi connectivity index (χ2n) is 7.03. The Hall–Kier alpha value is -1.96. The molecule has 0 aliphatic heterocycles. The molecule has 0 saturated carbocycles.